The van der Waals surface area contributed by atoms with Gasteiger partial charge in [-0.1, -0.05) is 143 Å². The average molecular weight is 667 g/mol. The number of fused-ring (bicyclic) bond motifs is 3. The fourth-order valence-electron chi connectivity index (χ4n) is 9.60. The third-order valence-electron chi connectivity index (χ3n) is 12.3. The van der Waals surface area contributed by atoms with E-state index in [0.717, 1.165) is 11.4 Å². The van der Waals surface area contributed by atoms with Gasteiger partial charge in [-0.25, -0.2) is 0 Å². The molecule has 0 unspecified atom stereocenters. The Balaban J connectivity index is 1.12. The van der Waals surface area contributed by atoms with Gasteiger partial charge in [-0.2, -0.15) is 0 Å². The molecule has 1 aromatic heterocycles. The van der Waals surface area contributed by atoms with Crippen molar-refractivity contribution in [2.75, 3.05) is 4.90 Å². The number of hydrogen-bond donors (Lipinski definition) is 0. The van der Waals surface area contributed by atoms with Crippen LogP contribution in [0, 0.1) is 0 Å². The molecule has 11 rings (SSSR count). The molecule has 2 aliphatic rings. The van der Waals surface area contributed by atoms with Gasteiger partial charge in [0.25, 0.3) is 0 Å². The summed E-state index contributed by atoms with van der Waals surface area (Å²) in [5.41, 5.74) is 15.4. The Morgan fingerprint density at radius 1 is 0.404 bits per heavy atom. The Morgan fingerprint density at radius 3 is 1.81 bits per heavy atom. The number of rotatable bonds is 4. The first-order valence-electron chi connectivity index (χ1n) is 18.4. The molecule has 0 amide bonds. The molecular formula is C50H38N2. The van der Waals surface area contributed by atoms with E-state index < -0.39 is 0 Å². The zero-order valence-corrected chi connectivity index (χ0v) is 29.9. The van der Waals surface area contributed by atoms with Gasteiger partial charge < -0.3 is 9.47 Å². The third kappa shape index (κ3) is 3.84. The van der Waals surface area contributed by atoms with E-state index in [0.29, 0.717) is 0 Å². The van der Waals surface area contributed by atoms with Crippen molar-refractivity contribution in [3.63, 3.8) is 0 Å². The fraction of sp³-hybridized carbons (Fsp3) is 0.120. The Morgan fingerprint density at radius 2 is 1.00 bits per heavy atom. The highest BCUT2D eigenvalue weighted by Crippen LogP contribution is 2.55. The molecule has 8 aromatic carbocycles. The van der Waals surface area contributed by atoms with E-state index in [1.54, 1.807) is 0 Å². The molecule has 3 heterocycles. The summed E-state index contributed by atoms with van der Waals surface area (Å²) >= 11 is 0. The van der Waals surface area contributed by atoms with E-state index >= 15 is 0 Å². The second kappa shape index (κ2) is 10.2. The maximum absolute atomic E-state index is 2.61. The summed E-state index contributed by atoms with van der Waals surface area (Å²) in [4.78, 5) is 2.41. The average Bonchev–Trinajstić information content (AvgIpc) is 3.51. The molecule has 2 aliphatic heterocycles. The number of nitrogens with zero attached hydrogens (tertiary/aromatic N) is 2. The largest absolute Gasteiger partial charge is 0.310 e. The normalized spacial score (nSPS) is 14.8. The highest BCUT2D eigenvalue weighted by molar-refractivity contribution is 6.15. The first-order valence-corrected chi connectivity index (χ1v) is 18.4. The lowest BCUT2D eigenvalue weighted by molar-refractivity contribution is 0.594. The quantitative estimate of drug-likeness (QED) is 0.181. The first kappa shape index (κ1) is 29.6. The van der Waals surface area contributed by atoms with Crippen LogP contribution in [0.15, 0.2) is 158 Å². The number of hydrogen-bond acceptors (Lipinski definition) is 1. The van der Waals surface area contributed by atoms with Crippen molar-refractivity contribution in [3.05, 3.63) is 180 Å². The Kier molecular flexibility index (Phi) is 5.83. The van der Waals surface area contributed by atoms with Crippen molar-refractivity contribution in [1.29, 1.82) is 0 Å². The van der Waals surface area contributed by atoms with Crippen LogP contribution < -0.4 is 4.90 Å². The predicted molar refractivity (Wildman–Crippen MR) is 220 cm³/mol. The molecule has 0 radical (unpaired) electrons. The zero-order chi connectivity index (χ0) is 34.9. The molecule has 2 nitrogen and oxygen atoms in total. The van der Waals surface area contributed by atoms with E-state index in [1.807, 2.05) is 0 Å². The maximum atomic E-state index is 2.61. The number of benzene rings is 8. The van der Waals surface area contributed by atoms with Gasteiger partial charge in [0.15, 0.2) is 0 Å². The summed E-state index contributed by atoms with van der Waals surface area (Å²) in [6.07, 6.45) is 0. The van der Waals surface area contributed by atoms with E-state index in [1.165, 1.54) is 88.1 Å². The standard InChI is InChI=1S/C50H38N2/c1-49(2)41-18-10-17-39-40-29-35(30-44-47(40)52(46(39)41)48-42(49)19-11-20-43(48)50(44,3)4)32-22-25-36(26-23-32)51(37-27-24-31-12-5-6-14-34(31)28-37)45-21-9-15-33-13-7-8-16-38(33)45/h5-30H,1-4H3. The minimum atomic E-state index is -0.154. The SMILES string of the molecule is CC1(C)c2cccc3c2-n2c4c1cccc4c1cc(-c4ccc(N(c5ccc6ccccc6c5)c5cccc6ccccc56)cc4)cc(c12)C3(C)C. The third-order valence-corrected chi connectivity index (χ3v) is 12.3. The molecule has 0 aliphatic carbocycles. The number of anilines is 3. The van der Waals surface area contributed by atoms with Gasteiger partial charge in [0.2, 0.25) is 0 Å². The van der Waals surface area contributed by atoms with E-state index in [-0.39, 0.29) is 10.8 Å². The fourth-order valence-corrected chi connectivity index (χ4v) is 9.60. The van der Waals surface area contributed by atoms with Gasteiger partial charge >= 0.3 is 0 Å². The van der Waals surface area contributed by atoms with Crippen molar-refractivity contribution in [3.8, 4) is 16.8 Å². The van der Waals surface area contributed by atoms with Crippen molar-refractivity contribution >= 4 is 60.4 Å². The van der Waals surface area contributed by atoms with Crippen LogP contribution in [-0.4, -0.2) is 4.57 Å². The molecule has 0 atom stereocenters. The summed E-state index contributed by atoms with van der Waals surface area (Å²) in [6.45, 7) is 9.63. The lowest BCUT2D eigenvalue weighted by Gasteiger charge is -2.42. The van der Waals surface area contributed by atoms with E-state index in [2.05, 4.69) is 195 Å². The van der Waals surface area contributed by atoms with Gasteiger partial charge in [-0.05, 0) is 92.0 Å². The minimum Gasteiger partial charge on any atom is -0.310 e. The summed E-state index contributed by atoms with van der Waals surface area (Å²) in [5, 5.41) is 7.62. The summed E-state index contributed by atoms with van der Waals surface area (Å²) in [7, 11) is 0. The van der Waals surface area contributed by atoms with Crippen molar-refractivity contribution < 1.29 is 0 Å². The highest BCUT2D eigenvalue weighted by atomic mass is 15.1. The predicted octanol–water partition coefficient (Wildman–Crippen LogP) is 13.5. The molecular weight excluding hydrogens is 629 g/mol. The lowest BCUT2D eigenvalue weighted by atomic mass is 9.68. The summed E-state index contributed by atoms with van der Waals surface area (Å²) in [5.74, 6) is 0. The van der Waals surface area contributed by atoms with Crippen LogP contribution in [0.5, 0.6) is 0 Å². The van der Waals surface area contributed by atoms with Gasteiger partial charge in [0, 0.05) is 38.4 Å². The summed E-state index contributed by atoms with van der Waals surface area (Å²) in [6, 6.07) is 58.8. The van der Waals surface area contributed by atoms with Crippen LogP contribution in [0.3, 0.4) is 0 Å². The second-order valence-corrected chi connectivity index (χ2v) is 15.8. The first-order chi connectivity index (χ1) is 25.3. The molecule has 0 spiro atoms. The molecule has 0 N–H and O–H groups in total. The molecule has 0 fully saturated rings. The van der Waals surface area contributed by atoms with Gasteiger partial charge in [-0.15, -0.1) is 0 Å². The maximum Gasteiger partial charge on any atom is 0.0582 e. The van der Waals surface area contributed by atoms with E-state index in [9.17, 15) is 0 Å². The zero-order valence-electron chi connectivity index (χ0n) is 29.9. The molecule has 52 heavy (non-hydrogen) atoms. The van der Waals surface area contributed by atoms with E-state index in [4.69, 9.17) is 0 Å². The van der Waals surface area contributed by atoms with Crippen molar-refractivity contribution in [2.24, 2.45) is 0 Å². The molecule has 248 valence electrons. The van der Waals surface area contributed by atoms with Gasteiger partial charge in [0.1, 0.15) is 0 Å². The van der Waals surface area contributed by atoms with Crippen molar-refractivity contribution in [2.45, 2.75) is 38.5 Å². The Labute approximate surface area is 304 Å². The van der Waals surface area contributed by atoms with Crippen molar-refractivity contribution in [1.82, 2.24) is 4.57 Å². The molecule has 0 bridgehead atoms. The minimum absolute atomic E-state index is 0.0809. The molecule has 9 aromatic rings. The van der Waals surface area contributed by atoms with Gasteiger partial charge in [0.05, 0.1) is 22.4 Å². The van der Waals surface area contributed by atoms with Gasteiger partial charge in [-0.3, -0.25) is 0 Å². The van der Waals surface area contributed by atoms with Crippen LogP contribution in [-0.2, 0) is 10.8 Å². The second-order valence-electron chi connectivity index (χ2n) is 15.8. The Hall–Kier alpha value is -6.12. The van der Waals surface area contributed by atoms with Crippen LogP contribution in [0.1, 0.15) is 49.9 Å². The monoisotopic (exact) mass is 666 g/mol. The summed E-state index contributed by atoms with van der Waals surface area (Å²) < 4.78 is 2.61. The molecule has 0 saturated carbocycles. The van der Waals surface area contributed by atoms with Crippen LogP contribution >= 0.6 is 0 Å². The Bertz CT molecular complexity index is 2950. The highest BCUT2D eigenvalue weighted by Gasteiger charge is 2.43. The number of aromatic nitrogens is 1. The van der Waals surface area contributed by atoms with Crippen LogP contribution in [0.2, 0.25) is 0 Å². The number of para-hydroxylation sites is 2. The molecule has 0 saturated heterocycles. The topological polar surface area (TPSA) is 8.17 Å². The smallest absolute Gasteiger partial charge is 0.0582 e. The lowest BCUT2D eigenvalue weighted by Crippen LogP contribution is -2.33. The molecule has 2 heteroatoms. The van der Waals surface area contributed by atoms with Crippen LogP contribution in [0.4, 0.5) is 17.1 Å². The van der Waals surface area contributed by atoms with Crippen LogP contribution in [0.25, 0.3) is 60.2 Å².